The van der Waals surface area contributed by atoms with E-state index in [1.54, 1.807) is 17.2 Å². The Kier molecular flexibility index (Phi) is 5.21. The van der Waals surface area contributed by atoms with Crippen LogP contribution in [0.4, 0.5) is 0 Å². The normalized spacial score (nSPS) is 26.7. The molecule has 1 aromatic heterocycles. The van der Waals surface area contributed by atoms with Crippen molar-refractivity contribution in [3.8, 4) is 0 Å². The Morgan fingerprint density at radius 3 is 2.66 bits per heavy atom. The summed E-state index contributed by atoms with van der Waals surface area (Å²) in [6.07, 6.45) is 8.45. The monoisotopic (exact) mass is 398 g/mol. The minimum absolute atomic E-state index is 0.0501. The number of hydrogen-bond donors (Lipinski definition) is 0. The lowest BCUT2D eigenvalue weighted by atomic mass is 9.84. The first-order valence-electron chi connectivity index (χ1n) is 10.8. The molecule has 6 heteroatoms. The highest BCUT2D eigenvalue weighted by Gasteiger charge is 2.49. The summed E-state index contributed by atoms with van der Waals surface area (Å²) in [6.45, 7) is 5.54. The van der Waals surface area contributed by atoms with Gasteiger partial charge >= 0.3 is 5.97 Å². The number of esters is 1. The Bertz CT molecular complexity index is 842. The Labute approximate surface area is 172 Å². The Hall–Kier alpha value is -2.24. The van der Waals surface area contributed by atoms with E-state index in [4.69, 9.17) is 4.74 Å². The molecule has 2 fully saturated rings. The van der Waals surface area contributed by atoms with Gasteiger partial charge in [-0.15, -0.1) is 0 Å². The minimum Gasteiger partial charge on any atom is -0.458 e. The molecular formula is C23H30N2O4. The fourth-order valence-corrected chi connectivity index (χ4v) is 5.08. The van der Waals surface area contributed by atoms with Gasteiger partial charge in [0, 0.05) is 24.2 Å². The molecule has 2 heterocycles. The maximum atomic E-state index is 13.5. The number of fused-ring (bicyclic) bond motifs is 2. The molecule has 6 nitrogen and oxygen atoms in total. The number of rotatable bonds is 2. The first kappa shape index (κ1) is 20.0. The number of amides is 1. The molecule has 1 amide bonds. The van der Waals surface area contributed by atoms with Crippen molar-refractivity contribution in [2.75, 3.05) is 0 Å². The number of likely N-dealkylation sites (tertiary alicyclic amines) is 1. The van der Waals surface area contributed by atoms with Crippen LogP contribution >= 0.6 is 0 Å². The van der Waals surface area contributed by atoms with E-state index in [-0.39, 0.29) is 23.7 Å². The van der Waals surface area contributed by atoms with Crippen LogP contribution in [0.15, 0.2) is 12.3 Å². The Morgan fingerprint density at radius 1 is 1.14 bits per heavy atom. The number of ketones is 1. The molecule has 0 N–H and O–H groups in total. The van der Waals surface area contributed by atoms with E-state index in [0.717, 1.165) is 44.2 Å². The van der Waals surface area contributed by atoms with Crippen molar-refractivity contribution >= 4 is 17.7 Å². The summed E-state index contributed by atoms with van der Waals surface area (Å²) < 4.78 is 5.65. The van der Waals surface area contributed by atoms with Gasteiger partial charge in [-0.25, -0.2) is 4.79 Å². The molecule has 0 unspecified atom stereocenters. The zero-order valence-corrected chi connectivity index (χ0v) is 17.6. The van der Waals surface area contributed by atoms with Crippen LogP contribution in [0.2, 0.25) is 0 Å². The molecule has 2 aliphatic carbocycles. The highest BCUT2D eigenvalue weighted by Crippen LogP contribution is 2.41. The van der Waals surface area contributed by atoms with E-state index in [9.17, 15) is 14.4 Å². The second-order valence-corrected chi connectivity index (χ2v) is 9.60. The van der Waals surface area contributed by atoms with Gasteiger partial charge in [-0.1, -0.05) is 12.8 Å². The summed E-state index contributed by atoms with van der Waals surface area (Å²) in [5.74, 6) is -0.155. The summed E-state index contributed by atoms with van der Waals surface area (Å²) in [5, 5.41) is 0. The van der Waals surface area contributed by atoms with E-state index in [1.807, 2.05) is 20.8 Å². The molecule has 3 atom stereocenters. The Balaban J connectivity index is 1.65. The largest absolute Gasteiger partial charge is 0.458 e. The third-order valence-electron chi connectivity index (χ3n) is 6.34. The Morgan fingerprint density at radius 2 is 1.90 bits per heavy atom. The number of Topliss-reactive ketones (excluding diaryl/α,β-unsaturated/α-hetero) is 1. The van der Waals surface area contributed by atoms with Crippen molar-refractivity contribution in [2.24, 2.45) is 5.92 Å². The van der Waals surface area contributed by atoms with E-state index < -0.39 is 11.6 Å². The lowest BCUT2D eigenvalue weighted by Gasteiger charge is -2.34. The molecule has 1 saturated carbocycles. The number of nitrogens with zero attached hydrogens (tertiary/aromatic N) is 2. The fraction of sp³-hybridized carbons (Fsp3) is 0.652. The van der Waals surface area contributed by atoms with Crippen molar-refractivity contribution in [1.29, 1.82) is 0 Å². The SMILES string of the molecule is CC(C)(C)OC(=O)[C@@H]1C[C@@H]2CCCC[C@@H]2N1C(=O)c1cnc2c(c1)C(=O)CCC2. The third kappa shape index (κ3) is 3.94. The van der Waals surface area contributed by atoms with Crippen LogP contribution in [0, 0.1) is 5.92 Å². The molecule has 1 aromatic rings. The second kappa shape index (κ2) is 7.54. The van der Waals surface area contributed by atoms with E-state index in [0.29, 0.717) is 29.9 Å². The van der Waals surface area contributed by atoms with Crippen LogP contribution in [0.1, 0.15) is 92.1 Å². The zero-order chi connectivity index (χ0) is 20.8. The van der Waals surface area contributed by atoms with Crippen LogP contribution in [0.5, 0.6) is 0 Å². The van der Waals surface area contributed by atoms with Gasteiger partial charge in [0.15, 0.2) is 5.78 Å². The van der Waals surface area contributed by atoms with Crippen LogP contribution in [-0.2, 0) is 16.0 Å². The van der Waals surface area contributed by atoms with Gasteiger partial charge in [-0.3, -0.25) is 14.6 Å². The van der Waals surface area contributed by atoms with Crippen LogP contribution < -0.4 is 0 Å². The van der Waals surface area contributed by atoms with Crippen LogP contribution in [0.25, 0.3) is 0 Å². The molecule has 29 heavy (non-hydrogen) atoms. The molecule has 1 aliphatic heterocycles. The van der Waals surface area contributed by atoms with Crippen LogP contribution in [-0.4, -0.2) is 45.2 Å². The quantitative estimate of drug-likeness (QED) is 0.710. The second-order valence-electron chi connectivity index (χ2n) is 9.60. The number of carbonyl (C=O) groups is 3. The zero-order valence-electron chi connectivity index (χ0n) is 17.6. The smallest absolute Gasteiger partial charge is 0.329 e. The standard InChI is InChI=1S/C23H30N2O4/c1-23(2,3)29-22(28)19-12-14-7-4-5-9-18(14)25(19)21(27)15-11-16-17(24-13-15)8-6-10-20(16)26/h11,13-14,18-19H,4-10,12H2,1-3H3/t14-,18-,19-/m0/s1. The van der Waals surface area contributed by atoms with Gasteiger partial charge in [0.05, 0.1) is 11.3 Å². The summed E-state index contributed by atoms with van der Waals surface area (Å²) in [7, 11) is 0. The predicted octanol–water partition coefficient (Wildman–Crippen LogP) is 3.72. The summed E-state index contributed by atoms with van der Waals surface area (Å²) >= 11 is 0. The maximum Gasteiger partial charge on any atom is 0.329 e. The number of pyridine rings is 1. The van der Waals surface area contributed by atoms with E-state index in [2.05, 4.69) is 4.98 Å². The van der Waals surface area contributed by atoms with Gasteiger partial charge in [0.25, 0.3) is 5.91 Å². The van der Waals surface area contributed by atoms with E-state index >= 15 is 0 Å². The van der Waals surface area contributed by atoms with Gasteiger partial charge < -0.3 is 9.64 Å². The average molecular weight is 399 g/mol. The van der Waals surface area contributed by atoms with Crippen LogP contribution in [0.3, 0.4) is 0 Å². The van der Waals surface area contributed by atoms with Crippen molar-refractivity contribution in [3.05, 3.63) is 29.1 Å². The number of ether oxygens (including phenoxy) is 1. The average Bonchev–Trinajstić information content (AvgIpc) is 3.06. The highest BCUT2D eigenvalue weighted by molar-refractivity contribution is 6.02. The molecule has 3 aliphatic rings. The fourth-order valence-electron chi connectivity index (χ4n) is 5.08. The number of aryl methyl sites for hydroxylation is 1. The third-order valence-corrected chi connectivity index (χ3v) is 6.34. The molecule has 0 radical (unpaired) electrons. The van der Waals surface area contributed by atoms with Crippen molar-refractivity contribution in [2.45, 2.75) is 89.8 Å². The molecule has 4 rings (SSSR count). The molecule has 0 spiro atoms. The first-order chi connectivity index (χ1) is 13.7. The number of carbonyl (C=O) groups excluding carboxylic acids is 3. The van der Waals surface area contributed by atoms with Crippen molar-refractivity contribution in [1.82, 2.24) is 9.88 Å². The number of aromatic nitrogens is 1. The van der Waals surface area contributed by atoms with Gasteiger partial charge in [0.2, 0.25) is 0 Å². The van der Waals surface area contributed by atoms with Crippen molar-refractivity contribution in [3.63, 3.8) is 0 Å². The molecule has 0 bridgehead atoms. The lowest BCUT2D eigenvalue weighted by Crippen LogP contribution is -2.48. The minimum atomic E-state index is -0.598. The van der Waals surface area contributed by atoms with Gasteiger partial charge in [-0.05, 0) is 64.9 Å². The molecule has 156 valence electrons. The number of hydrogen-bond acceptors (Lipinski definition) is 5. The lowest BCUT2D eigenvalue weighted by molar-refractivity contribution is -0.159. The van der Waals surface area contributed by atoms with Gasteiger partial charge in [0.1, 0.15) is 11.6 Å². The molecule has 1 saturated heterocycles. The topological polar surface area (TPSA) is 76.6 Å². The van der Waals surface area contributed by atoms with Gasteiger partial charge in [-0.2, -0.15) is 0 Å². The predicted molar refractivity (Wildman–Crippen MR) is 108 cm³/mol. The molecular weight excluding hydrogens is 368 g/mol. The summed E-state index contributed by atoms with van der Waals surface area (Å²) in [4.78, 5) is 44.9. The highest BCUT2D eigenvalue weighted by atomic mass is 16.6. The first-order valence-corrected chi connectivity index (χ1v) is 10.8. The summed E-state index contributed by atoms with van der Waals surface area (Å²) in [6, 6.07) is 1.18. The summed E-state index contributed by atoms with van der Waals surface area (Å²) in [5.41, 5.74) is 1.15. The van der Waals surface area contributed by atoms with Crippen molar-refractivity contribution < 1.29 is 19.1 Å². The van der Waals surface area contributed by atoms with E-state index in [1.165, 1.54) is 0 Å². The maximum absolute atomic E-state index is 13.5. The molecule has 0 aromatic carbocycles.